The second-order valence-corrected chi connectivity index (χ2v) is 8.74. The number of oxazole rings is 1. The number of fused-ring (bicyclic) bond motifs is 1. The number of anilines is 1. The molecule has 0 aliphatic rings. The van der Waals surface area contributed by atoms with Gasteiger partial charge in [0.2, 0.25) is 5.89 Å². The Morgan fingerprint density at radius 2 is 1.77 bits per heavy atom. The number of carbonyl (C=O) groups is 1. The Morgan fingerprint density at radius 1 is 1.03 bits per heavy atom. The van der Waals surface area contributed by atoms with Crippen molar-refractivity contribution in [3.63, 3.8) is 0 Å². The predicted molar refractivity (Wildman–Crippen MR) is 124 cm³/mol. The van der Waals surface area contributed by atoms with E-state index in [2.05, 4.69) is 43.2 Å². The molecule has 0 spiro atoms. The molecule has 31 heavy (non-hydrogen) atoms. The van der Waals surface area contributed by atoms with Crippen LogP contribution < -0.4 is 10.1 Å². The van der Waals surface area contributed by atoms with Gasteiger partial charge in [-0.15, -0.1) is 0 Å². The average Bonchev–Trinajstić information content (AvgIpc) is 3.17. The smallest absolute Gasteiger partial charge is 0.257 e. The molecule has 1 N–H and O–H groups in total. The van der Waals surface area contributed by atoms with Crippen LogP contribution in [0.15, 0.2) is 65.1 Å². The van der Waals surface area contributed by atoms with E-state index < -0.39 is 0 Å². The van der Waals surface area contributed by atoms with Gasteiger partial charge in [0.05, 0.1) is 17.7 Å². The van der Waals surface area contributed by atoms with Crippen molar-refractivity contribution >= 4 is 34.3 Å². The normalized spacial score (nSPS) is 11.5. The second-order valence-electron chi connectivity index (χ2n) is 8.33. The Hall–Kier alpha value is -3.31. The van der Waals surface area contributed by atoms with Gasteiger partial charge in [0, 0.05) is 17.3 Å². The number of methoxy groups -OCH3 is 1. The van der Waals surface area contributed by atoms with E-state index in [0.29, 0.717) is 39.0 Å². The third-order valence-electron chi connectivity index (χ3n) is 5.06. The lowest BCUT2D eigenvalue weighted by atomic mass is 9.87. The SMILES string of the molecule is COc1ccc(Cl)c(C(=O)Nc2ccc3nc(-c4ccc(C(C)(C)C)cc4)oc3c2)c1. The fourth-order valence-electron chi connectivity index (χ4n) is 3.24. The van der Waals surface area contributed by atoms with Crippen LogP contribution in [0.25, 0.3) is 22.6 Å². The lowest BCUT2D eigenvalue weighted by Crippen LogP contribution is -2.12. The van der Waals surface area contributed by atoms with Gasteiger partial charge in [-0.3, -0.25) is 4.79 Å². The van der Waals surface area contributed by atoms with Crippen LogP contribution in [0.5, 0.6) is 5.75 Å². The maximum atomic E-state index is 12.7. The van der Waals surface area contributed by atoms with Gasteiger partial charge in [-0.2, -0.15) is 0 Å². The molecule has 0 unspecified atom stereocenters. The van der Waals surface area contributed by atoms with Crippen LogP contribution in [0.1, 0.15) is 36.7 Å². The van der Waals surface area contributed by atoms with Crippen LogP contribution >= 0.6 is 11.6 Å². The van der Waals surface area contributed by atoms with Gasteiger partial charge < -0.3 is 14.5 Å². The zero-order chi connectivity index (χ0) is 22.2. The summed E-state index contributed by atoms with van der Waals surface area (Å²) in [7, 11) is 1.54. The highest BCUT2D eigenvalue weighted by atomic mass is 35.5. The van der Waals surface area contributed by atoms with Crippen molar-refractivity contribution in [1.82, 2.24) is 4.98 Å². The largest absolute Gasteiger partial charge is 0.497 e. The number of carbonyl (C=O) groups excluding carboxylic acids is 1. The van der Waals surface area contributed by atoms with E-state index in [9.17, 15) is 4.79 Å². The highest BCUT2D eigenvalue weighted by Crippen LogP contribution is 2.29. The number of nitrogens with one attached hydrogen (secondary N) is 1. The summed E-state index contributed by atoms with van der Waals surface area (Å²) in [5.74, 6) is 0.762. The number of amides is 1. The van der Waals surface area contributed by atoms with Gasteiger partial charge in [-0.25, -0.2) is 4.98 Å². The van der Waals surface area contributed by atoms with Crippen molar-refractivity contribution in [2.45, 2.75) is 26.2 Å². The van der Waals surface area contributed by atoms with E-state index in [0.717, 1.165) is 5.56 Å². The quantitative estimate of drug-likeness (QED) is 0.387. The Labute approximate surface area is 186 Å². The molecule has 0 radical (unpaired) electrons. The fourth-order valence-corrected chi connectivity index (χ4v) is 3.45. The van der Waals surface area contributed by atoms with Crippen LogP contribution in [0.2, 0.25) is 5.02 Å². The molecule has 1 heterocycles. The number of benzene rings is 3. The molecule has 3 aromatic carbocycles. The van der Waals surface area contributed by atoms with Crippen LogP contribution in [-0.4, -0.2) is 18.0 Å². The minimum Gasteiger partial charge on any atom is -0.497 e. The first-order valence-corrected chi connectivity index (χ1v) is 10.3. The zero-order valence-electron chi connectivity index (χ0n) is 17.8. The van der Waals surface area contributed by atoms with E-state index in [-0.39, 0.29) is 11.3 Å². The van der Waals surface area contributed by atoms with Gasteiger partial charge >= 0.3 is 0 Å². The van der Waals surface area contributed by atoms with Gasteiger partial charge in [0.15, 0.2) is 5.58 Å². The Balaban J connectivity index is 1.59. The highest BCUT2D eigenvalue weighted by Gasteiger charge is 2.16. The summed E-state index contributed by atoms with van der Waals surface area (Å²) >= 11 is 6.17. The van der Waals surface area contributed by atoms with Gasteiger partial charge in [-0.05, 0) is 53.4 Å². The number of aromatic nitrogens is 1. The minimum atomic E-state index is -0.333. The number of hydrogen-bond acceptors (Lipinski definition) is 4. The van der Waals surface area contributed by atoms with Crippen LogP contribution in [0.3, 0.4) is 0 Å². The summed E-state index contributed by atoms with van der Waals surface area (Å²) in [6, 6.07) is 18.5. The summed E-state index contributed by atoms with van der Waals surface area (Å²) in [4.78, 5) is 17.3. The second kappa shape index (κ2) is 8.08. The molecule has 158 valence electrons. The Morgan fingerprint density at radius 3 is 2.45 bits per heavy atom. The number of nitrogens with zero attached hydrogens (tertiary/aromatic N) is 1. The monoisotopic (exact) mass is 434 g/mol. The molecule has 0 fully saturated rings. The molecule has 6 heteroatoms. The van der Waals surface area contributed by atoms with Gasteiger partial charge in [0.25, 0.3) is 5.91 Å². The molecule has 0 aliphatic carbocycles. The highest BCUT2D eigenvalue weighted by molar-refractivity contribution is 6.34. The van der Waals surface area contributed by atoms with Crippen LogP contribution in [0.4, 0.5) is 5.69 Å². The lowest BCUT2D eigenvalue weighted by molar-refractivity contribution is 0.102. The summed E-state index contributed by atoms with van der Waals surface area (Å²) in [5.41, 5.74) is 4.45. The molecule has 0 saturated carbocycles. The standard InChI is InChI=1S/C25H23ClN2O3/c1-25(2,3)16-7-5-15(6-8-16)24-28-21-12-9-17(13-22(21)31-24)27-23(29)19-14-18(30-4)10-11-20(19)26/h5-14H,1-4H3,(H,27,29). The maximum Gasteiger partial charge on any atom is 0.257 e. The summed E-state index contributed by atoms with van der Waals surface area (Å²) < 4.78 is 11.1. The molecule has 5 nitrogen and oxygen atoms in total. The van der Waals surface area contributed by atoms with E-state index in [1.54, 1.807) is 30.3 Å². The third-order valence-corrected chi connectivity index (χ3v) is 5.39. The van der Waals surface area contributed by atoms with Gasteiger partial charge in [-0.1, -0.05) is 44.5 Å². The maximum absolute atomic E-state index is 12.7. The molecular weight excluding hydrogens is 412 g/mol. The summed E-state index contributed by atoms with van der Waals surface area (Å²) in [6.45, 7) is 6.53. The number of halogens is 1. The third kappa shape index (κ3) is 4.42. The van der Waals surface area contributed by atoms with Crippen LogP contribution in [-0.2, 0) is 5.41 Å². The average molecular weight is 435 g/mol. The lowest BCUT2D eigenvalue weighted by Gasteiger charge is -2.18. The summed E-state index contributed by atoms with van der Waals surface area (Å²) in [5, 5.41) is 3.20. The predicted octanol–water partition coefficient (Wildman–Crippen LogP) is 6.71. The van der Waals surface area contributed by atoms with Crippen molar-refractivity contribution in [3.05, 3.63) is 76.8 Å². The first-order chi connectivity index (χ1) is 14.7. The molecule has 0 saturated heterocycles. The molecule has 4 aromatic rings. The molecular formula is C25H23ClN2O3. The van der Waals surface area contributed by atoms with E-state index in [1.165, 1.54) is 12.7 Å². The van der Waals surface area contributed by atoms with Gasteiger partial charge in [0.1, 0.15) is 11.3 Å². The molecule has 1 aromatic heterocycles. The topological polar surface area (TPSA) is 64.4 Å². The van der Waals surface area contributed by atoms with Crippen molar-refractivity contribution in [3.8, 4) is 17.2 Å². The molecule has 0 aliphatic heterocycles. The number of ether oxygens (including phenoxy) is 1. The first-order valence-electron chi connectivity index (χ1n) is 9.91. The van der Waals surface area contributed by atoms with E-state index in [4.69, 9.17) is 20.8 Å². The zero-order valence-corrected chi connectivity index (χ0v) is 18.6. The Kier molecular flexibility index (Phi) is 5.46. The molecule has 4 rings (SSSR count). The van der Waals surface area contributed by atoms with Crippen molar-refractivity contribution in [2.75, 3.05) is 12.4 Å². The first kappa shape index (κ1) is 20.9. The molecule has 1 amide bonds. The summed E-state index contributed by atoms with van der Waals surface area (Å²) in [6.07, 6.45) is 0. The van der Waals surface area contributed by atoms with E-state index in [1.807, 2.05) is 18.2 Å². The Bertz CT molecular complexity index is 1250. The van der Waals surface area contributed by atoms with Crippen LogP contribution in [0, 0.1) is 0 Å². The number of hydrogen-bond donors (Lipinski definition) is 1. The van der Waals surface area contributed by atoms with Crippen molar-refractivity contribution in [2.24, 2.45) is 0 Å². The van der Waals surface area contributed by atoms with Crippen molar-refractivity contribution < 1.29 is 13.9 Å². The molecule has 0 atom stereocenters. The fraction of sp³-hybridized carbons (Fsp3) is 0.200. The molecule has 0 bridgehead atoms. The minimum absolute atomic E-state index is 0.0820. The number of rotatable bonds is 4. The van der Waals surface area contributed by atoms with Crippen molar-refractivity contribution in [1.29, 1.82) is 0 Å². The van der Waals surface area contributed by atoms with E-state index >= 15 is 0 Å².